The zero-order valence-corrected chi connectivity index (χ0v) is 22.7. The molecular formula is C30H28N2O5S. The van der Waals surface area contributed by atoms with Crippen molar-refractivity contribution in [1.29, 1.82) is 0 Å². The van der Waals surface area contributed by atoms with Crippen LogP contribution in [-0.4, -0.2) is 35.5 Å². The molecule has 8 heteroatoms. The van der Waals surface area contributed by atoms with E-state index in [2.05, 4.69) is 0 Å². The number of amides is 1. The zero-order valence-electron chi connectivity index (χ0n) is 21.9. The van der Waals surface area contributed by atoms with Crippen LogP contribution in [0.5, 0.6) is 11.5 Å². The molecule has 1 N–H and O–H groups in total. The Hall–Kier alpha value is -4.17. The second-order valence-electron chi connectivity index (χ2n) is 9.28. The summed E-state index contributed by atoms with van der Waals surface area (Å²) in [6, 6.07) is 15.5. The summed E-state index contributed by atoms with van der Waals surface area (Å²) in [5.74, 6) is -0.412. The summed E-state index contributed by atoms with van der Waals surface area (Å²) >= 11 is 1.35. The third-order valence-electron chi connectivity index (χ3n) is 6.64. The number of methoxy groups -OCH3 is 1. The lowest BCUT2D eigenvalue weighted by Gasteiger charge is -2.23. The van der Waals surface area contributed by atoms with Crippen molar-refractivity contribution in [2.24, 2.45) is 0 Å². The third kappa shape index (κ3) is 4.31. The number of hydrogen-bond donors (Lipinski definition) is 1. The minimum Gasteiger partial charge on any atom is -0.507 e. The number of rotatable bonds is 6. The van der Waals surface area contributed by atoms with Crippen LogP contribution < -0.4 is 14.4 Å². The van der Waals surface area contributed by atoms with E-state index in [0.29, 0.717) is 34.4 Å². The fraction of sp³-hybridized carbons (Fsp3) is 0.233. The number of benzene rings is 3. The van der Waals surface area contributed by atoms with Gasteiger partial charge in [-0.25, -0.2) is 4.98 Å². The van der Waals surface area contributed by atoms with Crippen LogP contribution in [0.25, 0.3) is 16.0 Å². The molecule has 1 saturated heterocycles. The summed E-state index contributed by atoms with van der Waals surface area (Å²) < 4.78 is 11.9. The molecule has 1 amide bonds. The molecule has 1 atom stereocenters. The van der Waals surface area contributed by atoms with E-state index in [9.17, 15) is 14.7 Å². The number of anilines is 1. The number of hydrogen-bond acceptors (Lipinski definition) is 7. The van der Waals surface area contributed by atoms with Crippen molar-refractivity contribution in [1.82, 2.24) is 4.98 Å². The molecule has 38 heavy (non-hydrogen) atoms. The summed E-state index contributed by atoms with van der Waals surface area (Å²) in [6.45, 7) is 8.25. The number of carbonyl (C=O) groups is 2. The second-order valence-corrected chi connectivity index (χ2v) is 10.3. The van der Waals surface area contributed by atoms with E-state index in [1.54, 1.807) is 37.4 Å². The molecule has 1 fully saturated rings. The summed E-state index contributed by atoms with van der Waals surface area (Å²) in [6.07, 6.45) is 0. The van der Waals surface area contributed by atoms with E-state index >= 15 is 0 Å². The Morgan fingerprint density at radius 3 is 2.42 bits per heavy atom. The van der Waals surface area contributed by atoms with Crippen LogP contribution in [0.2, 0.25) is 0 Å². The molecular weight excluding hydrogens is 500 g/mol. The summed E-state index contributed by atoms with van der Waals surface area (Å²) in [7, 11) is 1.57. The zero-order chi connectivity index (χ0) is 27.1. The number of aryl methyl sites for hydroxylation is 3. The van der Waals surface area contributed by atoms with Gasteiger partial charge in [0.15, 0.2) is 5.13 Å². The number of Topliss-reactive ketones (excluding diaryl/α,β-unsaturated/α-hetero) is 1. The number of aliphatic hydroxyl groups is 1. The van der Waals surface area contributed by atoms with Gasteiger partial charge in [-0.3, -0.25) is 14.5 Å². The number of carbonyl (C=O) groups excluding carboxylic acids is 2. The van der Waals surface area contributed by atoms with E-state index in [4.69, 9.17) is 14.5 Å². The van der Waals surface area contributed by atoms with Crippen molar-refractivity contribution < 1.29 is 24.2 Å². The Morgan fingerprint density at radius 1 is 1.03 bits per heavy atom. The highest BCUT2D eigenvalue weighted by Gasteiger charge is 2.48. The number of ether oxygens (including phenoxy) is 2. The van der Waals surface area contributed by atoms with Gasteiger partial charge in [-0.1, -0.05) is 29.5 Å². The Morgan fingerprint density at radius 2 is 1.76 bits per heavy atom. The van der Waals surface area contributed by atoms with Gasteiger partial charge in [0, 0.05) is 5.56 Å². The molecule has 0 saturated carbocycles. The predicted octanol–water partition coefficient (Wildman–Crippen LogP) is 6.26. The van der Waals surface area contributed by atoms with E-state index in [-0.39, 0.29) is 11.3 Å². The van der Waals surface area contributed by atoms with Gasteiger partial charge in [0.1, 0.15) is 17.3 Å². The number of nitrogens with zero attached hydrogens (tertiary/aromatic N) is 2. The molecule has 2 heterocycles. The molecule has 0 spiro atoms. The van der Waals surface area contributed by atoms with Gasteiger partial charge in [-0.05, 0) is 86.3 Å². The number of aliphatic hydroxyl groups excluding tert-OH is 1. The van der Waals surface area contributed by atoms with E-state index in [1.807, 2.05) is 52.0 Å². The molecule has 1 unspecified atom stereocenters. The van der Waals surface area contributed by atoms with Crippen LogP contribution in [0, 0.1) is 20.8 Å². The van der Waals surface area contributed by atoms with Gasteiger partial charge in [0.05, 0.1) is 35.5 Å². The highest BCUT2D eigenvalue weighted by Crippen LogP contribution is 2.45. The lowest BCUT2D eigenvalue weighted by atomic mass is 9.95. The van der Waals surface area contributed by atoms with Gasteiger partial charge in [-0.15, -0.1) is 0 Å². The highest BCUT2D eigenvalue weighted by atomic mass is 32.1. The van der Waals surface area contributed by atoms with Crippen molar-refractivity contribution in [3.63, 3.8) is 0 Å². The topological polar surface area (TPSA) is 89.0 Å². The van der Waals surface area contributed by atoms with Crippen LogP contribution in [0.1, 0.15) is 40.8 Å². The van der Waals surface area contributed by atoms with Crippen LogP contribution >= 0.6 is 11.3 Å². The quantitative estimate of drug-likeness (QED) is 0.181. The van der Waals surface area contributed by atoms with Crippen LogP contribution in [0.4, 0.5) is 5.13 Å². The normalized spacial score (nSPS) is 16.9. The van der Waals surface area contributed by atoms with Gasteiger partial charge in [-0.2, -0.15) is 0 Å². The van der Waals surface area contributed by atoms with Gasteiger partial charge < -0.3 is 14.6 Å². The average molecular weight is 529 g/mol. The first kappa shape index (κ1) is 25.5. The lowest BCUT2D eigenvalue weighted by Crippen LogP contribution is -2.29. The molecule has 0 radical (unpaired) electrons. The Kier molecular flexibility index (Phi) is 6.67. The average Bonchev–Trinajstić information content (AvgIpc) is 3.43. The predicted molar refractivity (Wildman–Crippen MR) is 149 cm³/mol. The Balaban J connectivity index is 1.71. The van der Waals surface area contributed by atoms with Crippen molar-refractivity contribution in [3.8, 4) is 11.5 Å². The minimum atomic E-state index is -0.866. The van der Waals surface area contributed by atoms with Crippen LogP contribution in [-0.2, 0) is 9.59 Å². The lowest BCUT2D eigenvalue weighted by molar-refractivity contribution is -0.132. The van der Waals surface area contributed by atoms with Crippen molar-refractivity contribution in [3.05, 3.63) is 88.0 Å². The molecule has 1 aliphatic rings. The minimum absolute atomic E-state index is 0.0101. The first-order valence-corrected chi connectivity index (χ1v) is 13.1. The number of ketones is 1. The van der Waals surface area contributed by atoms with Crippen molar-refractivity contribution in [2.75, 3.05) is 18.6 Å². The SMILES string of the molecule is CCOc1ccc(C2C(=C(O)c3ccc(OC)c(C)c3)C(=O)C(=O)N2c2nc3c(C)cc(C)cc3s2)cc1. The largest absolute Gasteiger partial charge is 0.507 e. The van der Waals surface area contributed by atoms with Crippen molar-refractivity contribution >= 4 is 44.1 Å². The van der Waals surface area contributed by atoms with Gasteiger partial charge in [0.2, 0.25) is 0 Å². The van der Waals surface area contributed by atoms with Gasteiger partial charge in [0.25, 0.3) is 5.78 Å². The number of aromatic nitrogens is 1. The van der Waals surface area contributed by atoms with E-state index in [1.165, 1.54) is 16.2 Å². The first-order chi connectivity index (χ1) is 18.2. The maximum atomic E-state index is 13.6. The fourth-order valence-corrected chi connectivity index (χ4v) is 6.07. The van der Waals surface area contributed by atoms with E-state index in [0.717, 1.165) is 26.9 Å². The molecule has 5 rings (SSSR count). The summed E-state index contributed by atoms with van der Waals surface area (Å²) in [5, 5.41) is 11.9. The Labute approximate surface area is 225 Å². The van der Waals surface area contributed by atoms with Crippen LogP contribution in [0.3, 0.4) is 0 Å². The van der Waals surface area contributed by atoms with Gasteiger partial charge >= 0.3 is 5.91 Å². The molecule has 0 bridgehead atoms. The van der Waals surface area contributed by atoms with E-state index < -0.39 is 17.7 Å². The number of thiazole rings is 1. The molecule has 4 aromatic rings. The standard InChI is InChI=1S/C30H28N2O5S/c1-6-37-21-10-7-19(8-11-21)26-24(27(33)20-9-12-22(36-5)17(3)15-20)28(34)29(35)32(26)30-31-25-18(4)13-16(2)14-23(25)38-30/h7-15,26,33H,6H2,1-5H3. The van der Waals surface area contributed by atoms with Crippen molar-refractivity contribution in [2.45, 2.75) is 33.7 Å². The maximum absolute atomic E-state index is 13.6. The molecule has 194 valence electrons. The highest BCUT2D eigenvalue weighted by molar-refractivity contribution is 7.22. The molecule has 3 aromatic carbocycles. The Bertz CT molecular complexity index is 1600. The molecule has 1 aliphatic heterocycles. The smallest absolute Gasteiger partial charge is 0.301 e. The second kappa shape index (κ2) is 9.95. The molecule has 0 aliphatic carbocycles. The van der Waals surface area contributed by atoms with Crippen LogP contribution in [0.15, 0.2) is 60.2 Å². The summed E-state index contributed by atoms with van der Waals surface area (Å²) in [5.41, 5.74) is 4.75. The molecule has 1 aromatic heterocycles. The number of fused-ring (bicyclic) bond motifs is 1. The maximum Gasteiger partial charge on any atom is 0.301 e. The monoisotopic (exact) mass is 528 g/mol. The fourth-order valence-electron chi connectivity index (χ4n) is 4.90. The third-order valence-corrected chi connectivity index (χ3v) is 7.65. The summed E-state index contributed by atoms with van der Waals surface area (Å²) in [4.78, 5) is 33.2. The first-order valence-electron chi connectivity index (χ1n) is 12.3. The molecule has 7 nitrogen and oxygen atoms in total.